The lowest BCUT2D eigenvalue weighted by Crippen LogP contribution is -2.11. The molecule has 21 heavy (non-hydrogen) atoms. The molecule has 6 nitrogen and oxygen atoms in total. The first kappa shape index (κ1) is 15.5. The summed E-state index contributed by atoms with van der Waals surface area (Å²) in [6, 6.07) is 7.00. The molecule has 0 bridgehead atoms. The number of aromatic nitrogens is 2. The molecule has 0 aliphatic rings. The molecule has 0 saturated carbocycles. The highest BCUT2D eigenvalue weighted by molar-refractivity contribution is 8.13. The number of carbonyl (C=O) groups is 1. The highest BCUT2D eigenvalue weighted by atomic mass is 35.7. The zero-order valence-corrected chi connectivity index (χ0v) is 13.0. The van der Waals surface area contributed by atoms with E-state index in [0.717, 1.165) is 16.4 Å². The molecular formula is C13H13ClN2O4S. The Kier molecular flexibility index (Phi) is 4.34. The fraction of sp³-hybridized carbons (Fsp3) is 0.231. The molecule has 8 heteroatoms. The molecule has 0 atom stereocenters. The normalized spacial score (nSPS) is 11.4. The number of rotatable bonds is 4. The van der Waals surface area contributed by atoms with Gasteiger partial charge in [-0.15, -0.1) is 0 Å². The number of esters is 1. The summed E-state index contributed by atoms with van der Waals surface area (Å²) >= 11 is 0. The van der Waals surface area contributed by atoms with Crippen LogP contribution in [-0.2, 0) is 13.8 Å². The van der Waals surface area contributed by atoms with Crippen molar-refractivity contribution in [3.8, 4) is 5.69 Å². The summed E-state index contributed by atoms with van der Waals surface area (Å²) < 4.78 is 29.5. The van der Waals surface area contributed by atoms with Crippen LogP contribution < -0.4 is 0 Å². The Balaban J connectivity index is 2.66. The van der Waals surface area contributed by atoms with Crippen molar-refractivity contribution in [3.63, 3.8) is 0 Å². The zero-order valence-electron chi connectivity index (χ0n) is 11.4. The largest absolute Gasteiger partial charge is 0.462 e. The van der Waals surface area contributed by atoms with E-state index in [0.29, 0.717) is 5.69 Å². The molecule has 112 valence electrons. The standard InChI is InChI=1S/C13H13ClN2O4S/c1-3-20-13(17)11-8-15-16(12(11)21(14,18)19)10-6-4-5-9(2)7-10/h4-8H,3H2,1-2H3. The Morgan fingerprint density at radius 3 is 2.71 bits per heavy atom. The van der Waals surface area contributed by atoms with Crippen molar-refractivity contribution in [1.29, 1.82) is 0 Å². The third kappa shape index (κ3) is 3.25. The van der Waals surface area contributed by atoms with Gasteiger partial charge in [0.1, 0.15) is 5.56 Å². The fourth-order valence-electron chi connectivity index (χ4n) is 1.86. The van der Waals surface area contributed by atoms with Crippen molar-refractivity contribution >= 4 is 25.7 Å². The molecule has 0 radical (unpaired) electrons. The molecular weight excluding hydrogens is 316 g/mol. The topological polar surface area (TPSA) is 78.3 Å². The van der Waals surface area contributed by atoms with Gasteiger partial charge in [0.05, 0.1) is 18.5 Å². The molecule has 0 unspecified atom stereocenters. The van der Waals surface area contributed by atoms with Crippen molar-refractivity contribution in [2.75, 3.05) is 6.61 Å². The van der Waals surface area contributed by atoms with Gasteiger partial charge in [-0.25, -0.2) is 17.9 Å². The quantitative estimate of drug-likeness (QED) is 0.635. The second-order valence-electron chi connectivity index (χ2n) is 4.27. The van der Waals surface area contributed by atoms with Gasteiger partial charge < -0.3 is 4.74 Å². The van der Waals surface area contributed by atoms with Crippen LogP contribution in [0.2, 0.25) is 0 Å². The number of hydrogen-bond donors (Lipinski definition) is 0. The van der Waals surface area contributed by atoms with Crippen molar-refractivity contribution in [2.45, 2.75) is 18.9 Å². The van der Waals surface area contributed by atoms with Crippen LogP contribution in [0.15, 0.2) is 35.5 Å². The van der Waals surface area contributed by atoms with Gasteiger partial charge in [0.15, 0.2) is 5.03 Å². The first-order valence-electron chi connectivity index (χ1n) is 6.11. The number of carbonyl (C=O) groups excluding carboxylic acids is 1. The number of aryl methyl sites for hydroxylation is 1. The van der Waals surface area contributed by atoms with Crippen LogP contribution in [0.25, 0.3) is 5.69 Å². The molecule has 1 heterocycles. The van der Waals surface area contributed by atoms with E-state index in [1.807, 2.05) is 13.0 Å². The van der Waals surface area contributed by atoms with Crippen molar-refractivity contribution < 1.29 is 17.9 Å². The first-order chi connectivity index (χ1) is 9.84. The van der Waals surface area contributed by atoms with E-state index in [4.69, 9.17) is 15.4 Å². The lowest BCUT2D eigenvalue weighted by atomic mass is 10.2. The van der Waals surface area contributed by atoms with E-state index < -0.39 is 20.0 Å². The van der Waals surface area contributed by atoms with Gasteiger partial charge in [-0.2, -0.15) is 5.10 Å². The molecule has 2 aromatic rings. The van der Waals surface area contributed by atoms with Crippen LogP contribution in [0.3, 0.4) is 0 Å². The zero-order chi connectivity index (χ0) is 15.6. The maximum atomic E-state index is 11.8. The minimum absolute atomic E-state index is 0.121. The van der Waals surface area contributed by atoms with Gasteiger partial charge in [-0.05, 0) is 31.5 Å². The van der Waals surface area contributed by atoms with E-state index in [-0.39, 0.29) is 12.2 Å². The third-order valence-electron chi connectivity index (χ3n) is 2.70. The molecule has 1 aromatic carbocycles. The first-order valence-corrected chi connectivity index (χ1v) is 8.42. The molecule has 0 spiro atoms. The van der Waals surface area contributed by atoms with Crippen LogP contribution in [0, 0.1) is 6.92 Å². The van der Waals surface area contributed by atoms with E-state index in [1.165, 1.54) is 0 Å². The summed E-state index contributed by atoms with van der Waals surface area (Å²) in [7, 11) is 1.27. The van der Waals surface area contributed by atoms with Gasteiger partial charge in [-0.3, -0.25) is 0 Å². The van der Waals surface area contributed by atoms with Crippen molar-refractivity contribution in [3.05, 3.63) is 41.6 Å². The van der Waals surface area contributed by atoms with Crippen LogP contribution in [0.5, 0.6) is 0 Å². The molecule has 0 N–H and O–H groups in total. The minimum atomic E-state index is -4.17. The van der Waals surface area contributed by atoms with Crippen LogP contribution in [-0.4, -0.2) is 30.8 Å². The summed E-state index contributed by atoms with van der Waals surface area (Å²) in [5, 5.41) is 3.55. The Morgan fingerprint density at radius 1 is 1.43 bits per heavy atom. The maximum absolute atomic E-state index is 11.8. The number of hydrogen-bond acceptors (Lipinski definition) is 5. The molecule has 0 aliphatic carbocycles. The highest BCUT2D eigenvalue weighted by Gasteiger charge is 2.28. The average molecular weight is 329 g/mol. The summed E-state index contributed by atoms with van der Waals surface area (Å²) in [6.45, 7) is 3.60. The van der Waals surface area contributed by atoms with Crippen LogP contribution >= 0.6 is 10.7 Å². The summed E-state index contributed by atoms with van der Waals surface area (Å²) in [6.07, 6.45) is 1.13. The predicted octanol–water partition coefficient (Wildman–Crippen LogP) is 2.28. The van der Waals surface area contributed by atoms with E-state index in [2.05, 4.69) is 5.10 Å². The summed E-state index contributed by atoms with van der Waals surface area (Å²) in [4.78, 5) is 11.8. The molecule has 2 rings (SSSR count). The monoisotopic (exact) mass is 328 g/mol. The SMILES string of the molecule is CCOC(=O)c1cnn(-c2cccc(C)c2)c1S(=O)(=O)Cl. The Morgan fingerprint density at radius 2 is 2.14 bits per heavy atom. The predicted molar refractivity (Wildman–Crippen MR) is 77.3 cm³/mol. The average Bonchev–Trinajstić information content (AvgIpc) is 2.83. The van der Waals surface area contributed by atoms with E-state index in [1.54, 1.807) is 25.1 Å². The second-order valence-corrected chi connectivity index (χ2v) is 6.75. The minimum Gasteiger partial charge on any atom is -0.462 e. The van der Waals surface area contributed by atoms with E-state index >= 15 is 0 Å². The van der Waals surface area contributed by atoms with Crippen molar-refractivity contribution in [2.24, 2.45) is 0 Å². The van der Waals surface area contributed by atoms with Crippen LogP contribution in [0.1, 0.15) is 22.8 Å². The van der Waals surface area contributed by atoms with Gasteiger partial charge in [0.25, 0.3) is 9.05 Å². The van der Waals surface area contributed by atoms with Gasteiger partial charge in [0, 0.05) is 10.7 Å². The van der Waals surface area contributed by atoms with E-state index in [9.17, 15) is 13.2 Å². The van der Waals surface area contributed by atoms with Crippen LogP contribution in [0.4, 0.5) is 0 Å². The van der Waals surface area contributed by atoms with Gasteiger partial charge in [0.2, 0.25) is 0 Å². The Labute approximate surface area is 126 Å². The third-order valence-corrected chi connectivity index (χ3v) is 3.99. The molecule has 0 fully saturated rings. The Bertz CT molecular complexity index is 783. The summed E-state index contributed by atoms with van der Waals surface area (Å²) in [5.41, 5.74) is 1.22. The molecule has 0 saturated heterocycles. The smallest absolute Gasteiger partial charge is 0.342 e. The number of benzene rings is 1. The maximum Gasteiger partial charge on any atom is 0.342 e. The molecule has 1 aromatic heterocycles. The molecule has 0 aliphatic heterocycles. The van der Waals surface area contributed by atoms with Gasteiger partial charge >= 0.3 is 5.97 Å². The van der Waals surface area contributed by atoms with Gasteiger partial charge in [-0.1, -0.05) is 12.1 Å². The lowest BCUT2D eigenvalue weighted by molar-refractivity contribution is 0.0521. The van der Waals surface area contributed by atoms with Crippen molar-refractivity contribution in [1.82, 2.24) is 9.78 Å². The second kappa shape index (κ2) is 5.87. The highest BCUT2D eigenvalue weighted by Crippen LogP contribution is 2.24. The fourth-order valence-corrected chi connectivity index (χ4v) is 3.07. The number of nitrogens with zero attached hydrogens (tertiary/aromatic N) is 2. The Hall–Kier alpha value is -1.86. The molecule has 0 amide bonds. The number of halogens is 1. The summed E-state index contributed by atoms with van der Waals surface area (Å²) in [5.74, 6) is -0.782. The lowest BCUT2D eigenvalue weighted by Gasteiger charge is -2.07. The number of ether oxygens (including phenoxy) is 1.